The van der Waals surface area contributed by atoms with Crippen molar-refractivity contribution in [3.05, 3.63) is 52.8 Å². The SMILES string of the molecule is Cc1nc2sccn2c1CNc1cccc(C(C)C)c1. The summed E-state index contributed by atoms with van der Waals surface area (Å²) in [6, 6.07) is 8.64. The maximum absolute atomic E-state index is 4.57. The molecule has 104 valence electrons. The molecule has 0 fully saturated rings. The van der Waals surface area contributed by atoms with E-state index in [0.29, 0.717) is 5.92 Å². The second kappa shape index (κ2) is 5.29. The van der Waals surface area contributed by atoms with Crippen molar-refractivity contribution in [3.8, 4) is 0 Å². The Morgan fingerprint density at radius 2 is 2.20 bits per heavy atom. The number of aryl methyl sites for hydroxylation is 1. The standard InChI is InChI=1S/C16H19N3S/c1-11(2)13-5-4-6-14(9-13)17-10-15-12(3)18-16-19(15)7-8-20-16/h4-9,11,17H,10H2,1-3H3. The van der Waals surface area contributed by atoms with Gasteiger partial charge in [0.1, 0.15) is 0 Å². The molecule has 1 N–H and O–H groups in total. The van der Waals surface area contributed by atoms with Crippen LogP contribution in [0.25, 0.3) is 4.96 Å². The number of nitrogens with one attached hydrogen (secondary N) is 1. The topological polar surface area (TPSA) is 29.3 Å². The van der Waals surface area contributed by atoms with E-state index in [4.69, 9.17) is 0 Å². The average Bonchev–Trinajstić information content (AvgIpc) is 2.97. The first kappa shape index (κ1) is 13.2. The predicted molar refractivity (Wildman–Crippen MR) is 85.7 cm³/mol. The zero-order valence-corrected chi connectivity index (χ0v) is 12.9. The molecule has 3 rings (SSSR count). The van der Waals surface area contributed by atoms with Gasteiger partial charge in [-0.2, -0.15) is 0 Å². The quantitative estimate of drug-likeness (QED) is 0.768. The molecule has 0 atom stereocenters. The summed E-state index contributed by atoms with van der Waals surface area (Å²) in [5.74, 6) is 0.553. The van der Waals surface area contributed by atoms with Gasteiger partial charge in [-0.3, -0.25) is 4.40 Å². The summed E-state index contributed by atoms with van der Waals surface area (Å²) in [5.41, 5.74) is 4.86. The molecule has 3 aromatic rings. The van der Waals surface area contributed by atoms with Crippen LogP contribution in [0, 0.1) is 6.92 Å². The Hall–Kier alpha value is -1.81. The van der Waals surface area contributed by atoms with Crippen LogP contribution < -0.4 is 5.32 Å². The Balaban J connectivity index is 1.81. The van der Waals surface area contributed by atoms with Crippen LogP contribution in [0.5, 0.6) is 0 Å². The smallest absolute Gasteiger partial charge is 0.194 e. The van der Waals surface area contributed by atoms with Gasteiger partial charge in [0.25, 0.3) is 0 Å². The first-order valence-electron chi connectivity index (χ1n) is 6.90. The van der Waals surface area contributed by atoms with Gasteiger partial charge in [-0.1, -0.05) is 26.0 Å². The fourth-order valence-corrected chi connectivity index (χ4v) is 3.13. The summed E-state index contributed by atoms with van der Waals surface area (Å²) in [6.45, 7) is 7.30. The van der Waals surface area contributed by atoms with E-state index in [9.17, 15) is 0 Å². The molecule has 4 heteroatoms. The third kappa shape index (κ3) is 2.43. The minimum atomic E-state index is 0.553. The van der Waals surface area contributed by atoms with E-state index in [1.54, 1.807) is 11.3 Å². The summed E-state index contributed by atoms with van der Waals surface area (Å²) < 4.78 is 2.17. The van der Waals surface area contributed by atoms with Gasteiger partial charge >= 0.3 is 0 Å². The summed E-state index contributed by atoms with van der Waals surface area (Å²) in [6.07, 6.45) is 2.08. The van der Waals surface area contributed by atoms with Crippen LogP contribution in [0.4, 0.5) is 5.69 Å². The molecule has 3 nitrogen and oxygen atoms in total. The Morgan fingerprint density at radius 1 is 1.35 bits per heavy atom. The van der Waals surface area contributed by atoms with Crippen molar-refractivity contribution in [1.82, 2.24) is 9.38 Å². The van der Waals surface area contributed by atoms with Gasteiger partial charge < -0.3 is 5.32 Å². The minimum absolute atomic E-state index is 0.553. The molecule has 2 aromatic heterocycles. The number of benzene rings is 1. The van der Waals surface area contributed by atoms with Crippen molar-refractivity contribution >= 4 is 22.0 Å². The largest absolute Gasteiger partial charge is 0.379 e. The van der Waals surface area contributed by atoms with Crippen molar-refractivity contribution in [1.29, 1.82) is 0 Å². The molecule has 0 bridgehead atoms. The van der Waals surface area contributed by atoms with Crippen molar-refractivity contribution < 1.29 is 0 Å². The van der Waals surface area contributed by atoms with Crippen LogP contribution in [-0.2, 0) is 6.54 Å². The maximum Gasteiger partial charge on any atom is 0.194 e. The number of fused-ring (bicyclic) bond motifs is 1. The number of thiazole rings is 1. The van der Waals surface area contributed by atoms with E-state index < -0.39 is 0 Å². The zero-order chi connectivity index (χ0) is 14.1. The Bertz CT molecular complexity index is 724. The fraction of sp³-hybridized carbons (Fsp3) is 0.312. The third-order valence-electron chi connectivity index (χ3n) is 3.57. The number of rotatable bonds is 4. The molecule has 2 heterocycles. The highest BCUT2D eigenvalue weighted by Crippen LogP contribution is 2.21. The number of imidazole rings is 1. The summed E-state index contributed by atoms with van der Waals surface area (Å²) in [4.78, 5) is 5.64. The second-order valence-electron chi connectivity index (χ2n) is 5.33. The molecule has 20 heavy (non-hydrogen) atoms. The van der Waals surface area contributed by atoms with Gasteiger partial charge in [-0.05, 0) is 30.5 Å². The van der Waals surface area contributed by atoms with Gasteiger partial charge in [0.05, 0.1) is 17.9 Å². The molecule has 0 aliphatic rings. The molecule has 0 saturated heterocycles. The Labute approximate surface area is 123 Å². The van der Waals surface area contributed by atoms with Crippen LogP contribution in [0.15, 0.2) is 35.8 Å². The van der Waals surface area contributed by atoms with E-state index in [2.05, 4.69) is 71.3 Å². The maximum atomic E-state index is 4.57. The number of anilines is 1. The lowest BCUT2D eigenvalue weighted by molar-refractivity contribution is 0.866. The molecule has 0 spiro atoms. The van der Waals surface area contributed by atoms with Crippen LogP contribution >= 0.6 is 11.3 Å². The fourth-order valence-electron chi connectivity index (χ4n) is 2.35. The molecule has 0 radical (unpaired) electrons. The summed E-state index contributed by atoms with van der Waals surface area (Å²) >= 11 is 1.67. The normalized spacial score (nSPS) is 11.4. The summed E-state index contributed by atoms with van der Waals surface area (Å²) in [7, 11) is 0. The Morgan fingerprint density at radius 3 is 3.00 bits per heavy atom. The lowest BCUT2D eigenvalue weighted by Gasteiger charge is -2.10. The first-order valence-corrected chi connectivity index (χ1v) is 7.78. The lowest BCUT2D eigenvalue weighted by Crippen LogP contribution is -2.04. The molecular formula is C16H19N3S. The van der Waals surface area contributed by atoms with E-state index in [0.717, 1.165) is 17.2 Å². The van der Waals surface area contributed by atoms with Crippen LogP contribution in [-0.4, -0.2) is 9.38 Å². The van der Waals surface area contributed by atoms with Crippen molar-refractivity contribution in [2.75, 3.05) is 5.32 Å². The van der Waals surface area contributed by atoms with Crippen molar-refractivity contribution in [2.45, 2.75) is 33.2 Å². The lowest BCUT2D eigenvalue weighted by atomic mass is 10.0. The zero-order valence-electron chi connectivity index (χ0n) is 12.1. The van der Waals surface area contributed by atoms with Crippen LogP contribution in [0.2, 0.25) is 0 Å². The van der Waals surface area contributed by atoms with E-state index in [1.807, 2.05) is 0 Å². The molecule has 0 unspecified atom stereocenters. The number of hydrogen-bond acceptors (Lipinski definition) is 3. The second-order valence-corrected chi connectivity index (χ2v) is 6.21. The molecule has 0 amide bonds. The van der Waals surface area contributed by atoms with Gasteiger partial charge in [0.2, 0.25) is 0 Å². The highest BCUT2D eigenvalue weighted by molar-refractivity contribution is 7.15. The summed E-state index contributed by atoms with van der Waals surface area (Å²) in [5, 5.41) is 5.58. The highest BCUT2D eigenvalue weighted by Gasteiger charge is 2.09. The van der Waals surface area contributed by atoms with Crippen LogP contribution in [0.1, 0.15) is 36.7 Å². The van der Waals surface area contributed by atoms with E-state index in [-0.39, 0.29) is 0 Å². The highest BCUT2D eigenvalue weighted by atomic mass is 32.1. The van der Waals surface area contributed by atoms with Gasteiger partial charge in [0, 0.05) is 17.3 Å². The average molecular weight is 285 g/mol. The Kier molecular flexibility index (Phi) is 3.49. The molecule has 0 aliphatic heterocycles. The van der Waals surface area contributed by atoms with E-state index >= 15 is 0 Å². The van der Waals surface area contributed by atoms with Gasteiger partial charge in [-0.25, -0.2) is 4.98 Å². The molecule has 0 saturated carbocycles. The minimum Gasteiger partial charge on any atom is -0.379 e. The third-order valence-corrected chi connectivity index (χ3v) is 4.33. The van der Waals surface area contributed by atoms with Crippen molar-refractivity contribution in [3.63, 3.8) is 0 Å². The predicted octanol–water partition coefficient (Wildman–Crippen LogP) is 4.44. The molecule has 1 aromatic carbocycles. The first-order chi connectivity index (χ1) is 9.65. The number of nitrogens with zero attached hydrogens (tertiary/aromatic N) is 2. The number of hydrogen-bond donors (Lipinski definition) is 1. The van der Waals surface area contributed by atoms with Gasteiger partial charge in [0.15, 0.2) is 4.96 Å². The van der Waals surface area contributed by atoms with Crippen LogP contribution in [0.3, 0.4) is 0 Å². The monoisotopic (exact) mass is 285 g/mol. The number of aromatic nitrogens is 2. The molecular weight excluding hydrogens is 266 g/mol. The molecule has 0 aliphatic carbocycles. The van der Waals surface area contributed by atoms with E-state index in [1.165, 1.54) is 16.9 Å². The van der Waals surface area contributed by atoms with Gasteiger partial charge in [-0.15, -0.1) is 11.3 Å². The van der Waals surface area contributed by atoms with Crippen molar-refractivity contribution in [2.24, 2.45) is 0 Å².